The van der Waals surface area contributed by atoms with E-state index < -0.39 is 0 Å². The summed E-state index contributed by atoms with van der Waals surface area (Å²) in [5, 5.41) is 0.751. The van der Waals surface area contributed by atoms with Crippen LogP contribution in [-0.4, -0.2) is 5.54 Å². The summed E-state index contributed by atoms with van der Waals surface area (Å²) in [6, 6.07) is 6.00. The van der Waals surface area contributed by atoms with Crippen molar-refractivity contribution in [1.82, 2.24) is 0 Å². The van der Waals surface area contributed by atoms with E-state index in [-0.39, 0.29) is 5.54 Å². The van der Waals surface area contributed by atoms with Crippen molar-refractivity contribution >= 4 is 27.5 Å². The Labute approximate surface area is 98.8 Å². The zero-order valence-corrected chi connectivity index (χ0v) is 10.8. The number of hydrogen-bond acceptors (Lipinski definition) is 1. The molecular formula is C11H15BrClN. The minimum atomic E-state index is -0.105. The summed E-state index contributed by atoms with van der Waals surface area (Å²) >= 11 is 9.30. The first-order valence-electron chi connectivity index (χ1n) is 4.61. The highest BCUT2D eigenvalue weighted by molar-refractivity contribution is 9.10. The number of aryl methyl sites for hydroxylation is 1. The summed E-state index contributed by atoms with van der Waals surface area (Å²) in [6.45, 7) is 4.08. The summed E-state index contributed by atoms with van der Waals surface area (Å²) in [5.74, 6) is 0. The third-order valence-electron chi connectivity index (χ3n) is 2.04. The van der Waals surface area contributed by atoms with Gasteiger partial charge in [0.1, 0.15) is 0 Å². The summed E-state index contributed by atoms with van der Waals surface area (Å²) in [6.07, 6.45) is 1.96. The van der Waals surface area contributed by atoms with Crippen LogP contribution in [0.3, 0.4) is 0 Å². The minimum absolute atomic E-state index is 0.105. The van der Waals surface area contributed by atoms with Crippen LogP contribution in [0.25, 0.3) is 0 Å². The largest absolute Gasteiger partial charge is 0.326 e. The highest BCUT2D eigenvalue weighted by atomic mass is 79.9. The zero-order valence-electron chi connectivity index (χ0n) is 8.48. The van der Waals surface area contributed by atoms with Crippen molar-refractivity contribution in [2.75, 3.05) is 0 Å². The monoisotopic (exact) mass is 275 g/mol. The van der Waals surface area contributed by atoms with E-state index in [2.05, 4.69) is 15.9 Å². The first-order valence-corrected chi connectivity index (χ1v) is 5.78. The lowest BCUT2D eigenvalue weighted by Gasteiger charge is -2.18. The summed E-state index contributed by atoms with van der Waals surface area (Å²) in [7, 11) is 0. The molecule has 0 heterocycles. The highest BCUT2D eigenvalue weighted by Crippen LogP contribution is 2.24. The van der Waals surface area contributed by atoms with Crippen molar-refractivity contribution < 1.29 is 0 Å². The molecule has 0 aliphatic rings. The Balaban J connectivity index is 2.65. The minimum Gasteiger partial charge on any atom is -0.326 e. The van der Waals surface area contributed by atoms with Crippen LogP contribution in [-0.2, 0) is 6.42 Å². The molecule has 0 radical (unpaired) electrons. The molecule has 0 aromatic heterocycles. The van der Waals surface area contributed by atoms with Crippen molar-refractivity contribution in [1.29, 1.82) is 0 Å². The van der Waals surface area contributed by atoms with E-state index in [0.717, 1.165) is 22.3 Å². The number of halogens is 2. The smallest absolute Gasteiger partial charge is 0.0548 e. The molecule has 0 unspecified atom stereocenters. The predicted octanol–water partition coefficient (Wildman–Crippen LogP) is 3.77. The van der Waals surface area contributed by atoms with E-state index >= 15 is 0 Å². The van der Waals surface area contributed by atoms with Crippen molar-refractivity contribution in [3.63, 3.8) is 0 Å². The predicted molar refractivity (Wildman–Crippen MR) is 65.7 cm³/mol. The lowest BCUT2D eigenvalue weighted by atomic mass is 9.97. The fourth-order valence-corrected chi connectivity index (χ4v) is 1.71. The van der Waals surface area contributed by atoms with Gasteiger partial charge in [-0.15, -0.1) is 0 Å². The maximum Gasteiger partial charge on any atom is 0.0548 e. The molecule has 2 N–H and O–H groups in total. The molecule has 0 atom stereocenters. The van der Waals surface area contributed by atoms with Crippen molar-refractivity contribution in [2.45, 2.75) is 32.2 Å². The second-order valence-corrected chi connectivity index (χ2v) is 5.50. The van der Waals surface area contributed by atoms with E-state index in [1.165, 1.54) is 5.56 Å². The van der Waals surface area contributed by atoms with Gasteiger partial charge in [-0.25, -0.2) is 0 Å². The maximum atomic E-state index is 5.91. The van der Waals surface area contributed by atoms with Gasteiger partial charge in [-0.3, -0.25) is 0 Å². The number of hydrogen-bond donors (Lipinski definition) is 1. The Morgan fingerprint density at radius 3 is 2.57 bits per heavy atom. The van der Waals surface area contributed by atoms with E-state index in [1.807, 2.05) is 32.0 Å². The van der Waals surface area contributed by atoms with Gasteiger partial charge in [-0.2, -0.15) is 0 Å². The second kappa shape index (κ2) is 4.65. The second-order valence-electron chi connectivity index (χ2n) is 4.24. The molecular weight excluding hydrogens is 261 g/mol. The molecule has 1 nitrogen and oxygen atoms in total. The third kappa shape index (κ3) is 3.99. The van der Waals surface area contributed by atoms with Crippen molar-refractivity contribution in [3.05, 3.63) is 33.3 Å². The molecule has 3 heteroatoms. The van der Waals surface area contributed by atoms with Crippen LogP contribution >= 0.6 is 27.5 Å². The van der Waals surface area contributed by atoms with Gasteiger partial charge in [0, 0.05) is 10.0 Å². The SMILES string of the molecule is CC(C)(N)CCc1ccc(Cl)c(Br)c1. The number of nitrogens with two attached hydrogens (primary N) is 1. The van der Waals surface area contributed by atoms with Crippen LogP contribution < -0.4 is 5.73 Å². The lowest BCUT2D eigenvalue weighted by molar-refractivity contribution is 0.477. The normalized spacial score (nSPS) is 11.8. The fourth-order valence-electron chi connectivity index (χ4n) is 1.16. The molecule has 1 aromatic rings. The van der Waals surface area contributed by atoms with Crippen LogP contribution in [0.15, 0.2) is 22.7 Å². The Morgan fingerprint density at radius 1 is 1.43 bits per heavy atom. The first-order chi connectivity index (χ1) is 6.38. The third-order valence-corrected chi connectivity index (χ3v) is 3.26. The first kappa shape index (κ1) is 12.0. The molecule has 0 saturated carbocycles. The Hall–Kier alpha value is -0.0500. The number of rotatable bonds is 3. The van der Waals surface area contributed by atoms with E-state index in [1.54, 1.807) is 0 Å². The standard InChI is InChI=1S/C11H15BrClN/c1-11(2,14)6-5-8-3-4-10(13)9(12)7-8/h3-4,7H,5-6,14H2,1-2H3. The van der Waals surface area contributed by atoms with Crippen molar-refractivity contribution in [2.24, 2.45) is 5.73 Å². The van der Waals surface area contributed by atoms with E-state index in [9.17, 15) is 0 Å². The van der Waals surface area contributed by atoms with Gasteiger partial charge >= 0.3 is 0 Å². The Kier molecular flexibility index (Phi) is 3.99. The quantitative estimate of drug-likeness (QED) is 0.893. The molecule has 0 fully saturated rings. The maximum absolute atomic E-state index is 5.91. The van der Waals surface area contributed by atoms with Crippen LogP contribution in [0, 0.1) is 0 Å². The van der Waals surface area contributed by atoms with Gasteiger partial charge in [-0.1, -0.05) is 17.7 Å². The van der Waals surface area contributed by atoms with Gasteiger partial charge in [-0.05, 0) is 60.3 Å². The average Bonchev–Trinajstić information content (AvgIpc) is 2.06. The molecule has 78 valence electrons. The fraction of sp³-hybridized carbons (Fsp3) is 0.455. The van der Waals surface area contributed by atoms with Crippen LogP contribution in [0.2, 0.25) is 5.02 Å². The molecule has 0 amide bonds. The van der Waals surface area contributed by atoms with Gasteiger partial charge in [0.25, 0.3) is 0 Å². The summed E-state index contributed by atoms with van der Waals surface area (Å²) < 4.78 is 0.950. The molecule has 14 heavy (non-hydrogen) atoms. The number of benzene rings is 1. The average molecular weight is 277 g/mol. The zero-order chi connectivity index (χ0) is 10.8. The summed E-state index contributed by atoms with van der Waals surface area (Å²) in [5.41, 5.74) is 7.07. The molecule has 1 rings (SSSR count). The van der Waals surface area contributed by atoms with Crippen LogP contribution in [0.1, 0.15) is 25.8 Å². The van der Waals surface area contributed by atoms with Gasteiger partial charge in [0.15, 0.2) is 0 Å². The highest BCUT2D eigenvalue weighted by Gasteiger charge is 2.10. The van der Waals surface area contributed by atoms with Crippen molar-refractivity contribution in [3.8, 4) is 0 Å². The van der Waals surface area contributed by atoms with Crippen LogP contribution in [0.4, 0.5) is 0 Å². The van der Waals surface area contributed by atoms with Gasteiger partial charge in [0.2, 0.25) is 0 Å². The molecule has 0 saturated heterocycles. The Bertz CT molecular complexity index is 318. The van der Waals surface area contributed by atoms with Crippen LogP contribution in [0.5, 0.6) is 0 Å². The van der Waals surface area contributed by atoms with E-state index in [4.69, 9.17) is 17.3 Å². The molecule has 1 aromatic carbocycles. The topological polar surface area (TPSA) is 26.0 Å². The molecule has 0 aliphatic heterocycles. The molecule has 0 bridgehead atoms. The van der Waals surface area contributed by atoms with Gasteiger partial charge < -0.3 is 5.73 Å². The molecule has 0 spiro atoms. The Morgan fingerprint density at radius 2 is 2.07 bits per heavy atom. The molecule has 0 aliphatic carbocycles. The van der Waals surface area contributed by atoms with Gasteiger partial charge in [0.05, 0.1) is 5.02 Å². The summed E-state index contributed by atoms with van der Waals surface area (Å²) in [4.78, 5) is 0. The van der Waals surface area contributed by atoms with E-state index in [0.29, 0.717) is 0 Å². The lowest BCUT2D eigenvalue weighted by Crippen LogP contribution is -2.32.